The summed E-state index contributed by atoms with van der Waals surface area (Å²) in [5.74, 6) is -1.17. The van der Waals surface area contributed by atoms with Gasteiger partial charge in [-0.3, -0.25) is 0 Å². The van der Waals surface area contributed by atoms with Crippen LogP contribution >= 0.6 is 0 Å². The van der Waals surface area contributed by atoms with Crippen LogP contribution in [0.4, 0.5) is 8.78 Å². The van der Waals surface area contributed by atoms with Crippen molar-refractivity contribution in [2.24, 2.45) is 0 Å². The lowest BCUT2D eigenvalue weighted by molar-refractivity contribution is 0.0476. The van der Waals surface area contributed by atoms with E-state index in [-0.39, 0.29) is 12.5 Å². The van der Waals surface area contributed by atoms with Crippen LogP contribution in [-0.2, 0) is 4.74 Å². The number of nitrogens with zero attached hydrogens (tertiary/aromatic N) is 1. The fraction of sp³-hybridized carbons (Fsp3) is 0.333. The second-order valence-corrected chi connectivity index (χ2v) is 3.65. The van der Waals surface area contributed by atoms with Crippen LogP contribution in [0.15, 0.2) is 21.2 Å². The van der Waals surface area contributed by atoms with Crippen LogP contribution < -0.4 is 0 Å². The molecule has 0 aliphatic carbocycles. The molecule has 0 aliphatic heterocycles. The third kappa shape index (κ3) is 2.49. The van der Waals surface area contributed by atoms with E-state index in [1.54, 1.807) is 13.8 Å². The number of rotatable bonds is 4. The number of aromatic nitrogens is 1. The average Bonchev–Trinajstić information content (AvgIpc) is 2.94. The minimum atomic E-state index is -2.93. The third-order valence-electron chi connectivity index (χ3n) is 2.41. The van der Waals surface area contributed by atoms with Crippen molar-refractivity contribution in [2.75, 3.05) is 6.61 Å². The summed E-state index contributed by atoms with van der Waals surface area (Å²) in [6.45, 7) is 3.26. The summed E-state index contributed by atoms with van der Waals surface area (Å²) >= 11 is 0. The van der Waals surface area contributed by atoms with Crippen molar-refractivity contribution in [2.45, 2.75) is 20.3 Å². The number of halogens is 2. The molecule has 102 valence electrons. The fourth-order valence-corrected chi connectivity index (χ4v) is 1.54. The van der Waals surface area contributed by atoms with E-state index < -0.39 is 23.8 Å². The Kier molecular flexibility index (Phi) is 3.64. The summed E-state index contributed by atoms with van der Waals surface area (Å²) in [4.78, 5) is 15.2. The molecule has 0 N–H and O–H groups in total. The third-order valence-corrected chi connectivity index (χ3v) is 2.41. The lowest BCUT2D eigenvalue weighted by Gasteiger charge is -1.99. The molecule has 2 aromatic rings. The number of oxazole rings is 1. The Bertz CT molecular complexity index is 588. The Morgan fingerprint density at radius 1 is 1.53 bits per heavy atom. The second kappa shape index (κ2) is 5.21. The minimum Gasteiger partial charge on any atom is -0.469 e. The molecule has 19 heavy (non-hydrogen) atoms. The first kappa shape index (κ1) is 13.3. The number of carbonyl (C=O) groups is 1. The first-order valence-electron chi connectivity index (χ1n) is 5.55. The van der Waals surface area contributed by atoms with Crippen molar-refractivity contribution >= 4 is 5.97 Å². The Balaban J connectivity index is 2.46. The highest BCUT2D eigenvalue weighted by atomic mass is 19.3. The highest BCUT2D eigenvalue weighted by Gasteiger charge is 2.28. The van der Waals surface area contributed by atoms with Gasteiger partial charge in [-0.05, 0) is 19.9 Å². The molecule has 0 saturated carbocycles. The molecule has 2 aromatic heterocycles. The van der Waals surface area contributed by atoms with E-state index >= 15 is 0 Å². The van der Waals surface area contributed by atoms with Crippen LogP contribution in [0.25, 0.3) is 11.5 Å². The standard InChI is InChI=1S/C12H11F2NO4/c1-3-17-12(16)9-8(10(13)14)15-11(19-9)7-4-5-18-6(7)2/h4-5,10H,3H2,1-2H3. The molecule has 0 fully saturated rings. The topological polar surface area (TPSA) is 65.5 Å². The molecular weight excluding hydrogens is 260 g/mol. The number of carbonyl (C=O) groups excluding carboxylic acids is 1. The molecule has 0 unspecified atom stereocenters. The van der Waals surface area contributed by atoms with Crippen molar-refractivity contribution in [3.63, 3.8) is 0 Å². The van der Waals surface area contributed by atoms with Crippen molar-refractivity contribution in [1.82, 2.24) is 4.98 Å². The van der Waals surface area contributed by atoms with Gasteiger partial charge in [0.2, 0.25) is 11.7 Å². The minimum absolute atomic E-state index is 0.0578. The normalized spacial score (nSPS) is 11.0. The molecule has 0 bridgehead atoms. The van der Waals surface area contributed by atoms with Gasteiger partial charge in [0.05, 0.1) is 18.4 Å². The van der Waals surface area contributed by atoms with Crippen LogP contribution in [0.3, 0.4) is 0 Å². The molecule has 7 heteroatoms. The van der Waals surface area contributed by atoms with E-state index in [9.17, 15) is 13.6 Å². The number of alkyl halides is 2. The number of hydrogen-bond donors (Lipinski definition) is 0. The van der Waals surface area contributed by atoms with Crippen LogP contribution in [0, 0.1) is 6.92 Å². The molecule has 0 radical (unpaired) electrons. The summed E-state index contributed by atoms with van der Waals surface area (Å²) in [5.41, 5.74) is -0.313. The maximum atomic E-state index is 12.8. The first-order chi connectivity index (χ1) is 9.04. The summed E-state index contributed by atoms with van der Waals surface area (Å²) in [6.07, 6.45) is -1.55. The Hall–Kier alpha value is -2.18. The largest absolute Gasteiger partial charge is 0.469 e. The van der Waals surface area contributed by atoms with E-state index in [2.05, 4.69) is 9.72 Å². The van der Waals surface area contributed by atoms with Gasteiger partial charge in [-0.25, -0.2) is 18.6 Å². The summed E-state index contributed by atoms with van der Waals surface area (Å²) in [6, 6.07) is 1.52. The SMILES string of the molecule is CCOC(=O)c1oc(-c2ccoc2C)nc1C(F)F. The molecule has 0 atom stereocenters. The molecule has 5 nitrogen and oxygen atoms in total. The van der Waals surface area contributed by atoms with Gasteiger partial charge in [-0.2, -0.15) is 0 Å². The van der Waals surface area contributed by atoms with Gasteiger partial charge in [-0.15, -0.1) is 0 Å². The van der Waals surface area contributed by atoms with Gasteiger partial charge >= 0.3 is 5.97 Å². The van der Waals surface area contributed by atoms with Crippen molar-refractivity contribution in [1.29, 1.82) is 0 Å². The van der Waals surface area contributed by atoms with Gasteiger partial charge in [0, 0.05) is 0 Å². The predicted molar refractivity (Wildman–Crippen MR) is 59.9 cm³/mol. The van der Waals surface area contributed by atoms with Gasteiger partial charge < -0.3 is 13.6 Å². The zero-order chi connectivity index (χ0) is 14.0. The van der Waals surface area contributed by atoms with Crippen LogP contribution in [0.1, 0.15) is 35.4 Å². The van der Waals surface area contributed by atoms with Gasteiger partial charge in [-0.1, -0.05) is 0 Å². The smallest absolute Gasteiger partial charge is 0.376 e. The monoisotopic (exact) mass is 271 g/mol. The molecule has 0 aromatic carbocycles. The zero-order valence-electron chi connectivity index (χ0n) is 10.3. The number of ether oxygens (including phenoxy) is 1. The van der Waals surface area contributed by atoms with Crippen molar-refractivity contribution in [3.05, 3.63) is 29.5 Å². The molecule has 0 aliphatic rings. The van der Waals surface area contributed by atoms with Gasteiger partial charge in [0.25, 0.3) is 6.43 Å². The first-order valence-corrected chi connectivity index (χ1v) is 5.55. The Morgan fingerprint density at radius 2 is 2.26 bits per heavy atom. The summed E-state index contributed by atoms with van der Waals surface area (Å²) in [5, 5.41) is 0. The van der Waals surface area contributed by atoms with Gasteiger partial charge in [0.1, 0.15) is 5.76 Å². The highest BCUT2D eigenvalue weighted by molar-refractivity contribution is 5.88. The molecule has 2 heterocycles. The molecule has 2 rings (SSSR count). The molecule has 0 amide bonds. The lowest BCUT2D eigenvalue weighted by atomic mass is 10.2. The number of furan rings is 1. The van der Waals surface area contributed by atoms with E-state index in [1.165, 1.54) is 12.3 Å². The van der Waals surface area contributed by atoms with E-state index in [0.717, 1.165) is 0 Å². The maximum Gasteiger partial charge on any atom is 0.376 e. The van der Waals surface area contributed by atoms with Crippen LogP contribution in [-0.4, -0.2) is 17.6 Å². The summed E-state index contributed by atoms with van der Waals surface area (Å²) < 4.78 is 40.4. The fourth-order valence-electron chi connectivity index (χ4n) is 1.54. The van der Waals surface area contributed by atoms with E-state index in [4.69, 9.17) is 8.83 Å². The number of hydrogen-bond acceptors (Lipinski definition) is 5. The Labute approximate surface area is 107 Å². The van der Waals surface area contributed by atoms with Crippen molar-refractivity contribution in [3.8, 4) is 11.5 Å². The highest BCUT2D eigenvalue weighted by Crippen LogP contribution is 2.30. The second-order valence-electron chi connectivity index (χ2n) is 3.65. The molecule has 0 spiro atoms. The average molecular weight is 271 g/mol. The molecular formula is C12H11F2NO4. The van der Waals surface area contributed by atoms with E-state index in [0.29, 0.717) is 11.3 Å². The van der Waals surface area contributed by atoms with Crippen LogP contribution in [0.2, 0.25) is 0 Å². The Morgan fingerprint density at radius 3 is 2.79 bits per heavy atom. The van der Waals surface area contributed by atoms with Gasteiger partial charge in [0.15, 0.2) is 5.69 Å². The maximum absolute atomic E-state index is 12.8. The predicted octanol–water partition coefficient (Wildman–Crippen LogP) is 3.36. The molecule has 0 saturated heterocycles. The van der Waals surface area contributed by atoms with E-state index in [1.807, 2.05) is 0 Å². The summed E-state index contributed by atoms with van der Waals surface area (Å²) in [7, 11) is 0. The van der Waals surface area contributed by atoms with Crippen LogP contribution in [0.5, 0.6) is 0 Å². The zero-order valence-corrected chi connectivity index (χ0v) is 10.3. The number of aryl methyl sites for hydroxylation is 1. The van der Waals surface area contributed by atoms with Crippen molar-refractivity contribution < 1.29 is 27.1 Å². The number of esters is 1. The lowest BCUT2D eigenvalue weighted by Crippen LogP contribution is -2.06. The quantitative estimate of drug-likeness (QED) is 0.798.